The van der Waals surface area contributed by atoms with Crippen molar-refractivity contribution in [2.75, 3.05) is 13.1 Å². The summed E-state index contributed by atoms with van der Waals surface area (Å²) in [5.41, 5.74) is 4.51. The lowest BCUT2D eigenvalue weighted by Crippen LogP contribution is -2.23. The Hall–Kier alpha value is -1.08. The van der Waals surface area contributed by atoms with Crippen molar-refractivity contribution in [3.8, 4) is 0 Å². The molecule has 17 heavy (non-hydrogen) atoms. The van der Waals surface area contributed by atoms with Crippen LogP contribution in [0.25, 0.3) is 6.08 Å². The molecule has 1 aliphatic rings. The minimum absolute atomic E-state index is 0.248. The van der Waals surface area contributed by atoms with E-state index in [-0.39, 0.29) is 5.41 Å². The van der Waals surface area contributed by atoms with Crippen LogP contribution in [0.2, 0.25) is 0 Å². The second kappa shape index (κ2) is 5.05. The Balaban J connectivity index is 2.12. The van der Waals surface area contributed by atoms with Crippen LogP contribution in [0.3, 0.4) is 0 Å². The molecular formula is C16H23N. The van der Waals surface area contributed by atoms with Crippen LogP contribution in [0, 0.1) is 0 Å². The Kier molecular flexibility index (Phi) is 3.68. The number of hydrogen-bond donors (Lipinski definition) is 1. The molecule has 1 nitrogen and oxygen atoms in total. The summed E-state index contributed by atoms with van der Waals surface area (Å²) in [5, 5.41) is 3.42. The van der Waals surface area contributed by atoms with Crippen LogP contribution < -0.4 is 5.32 Å². The topological polar surface area (TPSA) is 12.0 Å². The van der Waals surface area contributed by atoms with E-state index in [9.17, 15) is 0 Å². The van der Waals surface area contributed by atoms with Crippen LogP contribution in [0.5, 0.6) is 0 Å². The van der Waals surface area contributed by atoms with Gasteiger partial charge in [-0.3, -0.25) is 0 Å². The summed E-state index contributed by atoms with van der Waals surface area (Å²) in [6, 6.07) is 8.98. The fraction of sp³-hybridized carbons (Fsp3) is 0.500. The van der Waals surface area contributed by atoms with Crippen molar-refractivity contribution in [1.82, 2.24) is 5.32 Å². The smallest absolute Gasteiger partial charge is 0.0167 e. The van der Waals surface area contributed by atoms with E-state index in [1.807, 2.05) is 0 Å². The van der Waals surface area contributed by atoms with Crippen molar-refractivity contribution < 1.29 is 0 Å². The molecule has 1 aromatic carbocycles. The molecule has 0 atom stereocenters. The lowest BCUT2D eigenvalue weighted by atomic mass is 9.86. The van der Waals surface area contributed by atoms with Gasteiger partial charge in [0, 0.05) is 6.54 Å². The number of piperidine rings is 1. The first-order valence-electron chi connectivity index (χ1n) is 6.56. The Labute approximate surface area is 105 Å². The molecule has 0 spiro atoms. The Morgan fingerprint density at radius 1 is 1.12 bits per heavy atom. The average molecular weight is 229 g/mol. The van der Waals surface area contributed by atoms with Crippen LogP contribution >= 0.6 is 0 Å². The molecular weight excluding hydrogens is 206 g/mol. The van der Waals surface area contributed by atoms with E-state index in [0.717, 1.165) is 6.54 Å². The van der Waals surface area contributed by atoms with Gasteiger partial charge >= 0.3 is 0 Å². The molecule has 2 rings (SSSR count). The summed E-state index contributed by atoms with van der Waals surface area (Å²) in [7, 11) is 0. The first-order valence-corrected chi connectivity index (χ1v) is 6.56. The van der Waals surface area contributed by atoms with E-state index in [1.165, 1.54) is 36.1 Å². The normalized spacial score (nSPS) is 19.6. The third-order valence-electron chi connectivity index (χ3n) is 3.35. The molecule has 0 amide bonds. The van der Waals surface area contributed by atoms with Crippen LogP contribution in [-0.2, 0) is 5.41 Å². The Bertz CT molecular complexity index is 385. The number of nitrogens with one attached hydrogen (secondary N) is 1. The highest BCUT2D eigenvalue weighted by Gasteiger charge is 2.12. The van der Waals surface area contributed by atoms with Gasteiger partial charge in [-0.05, 0) is 35.9 Å². The minimum atomic E-state index is 0.248. The lowest BCUT2D eigenvalue weighted by Gasteiger charge is -2.19. The molecule has 1 aromatic rings. The first kappa shape index (κ1) is 12.4. The predicted octanol–water partition coefficient (Wildman–Crippen LogP) is 3.75. The maximum atomic E-state index is 3.42. The zero-order chi connectivity index (χ0) is 12.3. The fourth-order valence-electron chi connectivity index (χ4n) is 2.22. The quantitative estimate of drug-likeness (QED) is 0.773. The molecule has 1 saturated heterocycles. The summed E-state index contributed by atoms with van der Waals surface area (Å²) in [6.45, 7) is 8.99. The van der Waals surface area contributed by atoms with Crippen molar-refractivity contribution >= 4 is 6.08 Å². The van der Waals surface area contributed by atoms with Gasteiger partial charge in [0.2, 0.25) is 0 Å². The average Bonchev–Trinajstić information content (AvgIpc) is 2.30. The largest absolute Gasteiger partial charge is 0.313 e. The van der Waals surface area contributed by atoms with E-state index in [1.54, 1.807) is 0 Å². The van der Waals surface area contributed by atoms with Gasteiger partial charge in [-0.25, -0.2) is 0 Å². The summed E-state index contributed by atoms with van der Waals surface area (Å²) in [5.74, 6) is 0. The van der Waals surface area contributed by atoms with E-state index in [2.05, 4.69) is 56.4 Å². The van der Waals surface area contributed by atoms with E-state index in [0.29, 0.717) is 0 Å². The molecule has 1 N–H and O–H groups in total. The number of benzene rings is 1. The molecule has 1 aliphatic heterocycles. The number of hydrogen-bond acceptors (Lipinski definition) is 1. The zero-order valence-corrected chi connectivity index (χ0v) is 11.2. The molecule has 0 aromatic heterocycles. The minimum Gasteiger partial charge on any atom is -0.313 e. The molecule has 1 heteroatoms. The molecule has 92 valence electrons. The van der Waals surface area contributed by atoms with Gasteiger partial charge in [0.1, 0.15) is 0 Å². The fourth-order valence-corrected chi connectivity index (χ4v) is 2.22. The molecule has 0 radical (unpaired) electrons. The molecule has 0 saturated carbocycles. The summed E-state index contributed by atoms with van der Waals surface area (Å²) < 4.78 is 0. The predicted molar refractivity (Wildman–Crippen MR) is 75.2 cm³/mol. The van der Waals surface area contributed by atoms with Gasteiger partial charge < -0.3 is 5.32 Å². The van der Waals surface area contributed by atoms with Gasteiger partial charge in [0.15, 0.2) is 0 Å². The van der Waals surface area contributed by atoms with Gasteiger partial charge in [0.25, 0.3) is 0 Å². The van der Waals surface area contributed by atoms with E-state index in [4.69, 9.17) is 0 Å². The highest BCUT2D eigenvalue weighted by molar-refractivity contribution is 5.54. The van der Waals surface area contributed by atoms with Gasteiger partial charge in [0.05, 0.1) is 0 Å². The summed E-state index contributed by atoms with van der Waals surface area (Å²) >= 11 is 0. The second-order valence-corrected chi connectivity index (χ2v) is 5.95. The van der Waals surface area contributed by atoms with Crippen molar-refractivity contribution in [2.45, 2.75) is 39.0 Å². The maximum absolute atomic E-state index is 3.42. The Morgan fingerprint density at radius 2 is 1.82 bits per heavy atom. The molecule has 0 unspecified atom stereocenters. The van der Waals surface area contributed by atoms with E-state index >= 15 is 0 Å². The first-order chi connectivity index (χ1) is 8.05. The molecule has 1 fully saturated rings. The van der Waals surface area contributed by atoms with Crippen molar-refractivity contribution in [1.29, 1.82) is 0 Å². The SMILES string of the molecule is CC(C)(C)c1ccc(C=C2CCCNC2)cc1. The van der Waals surface area contributed by atoms with Crippen molar-refractivity contribution in [3.05, 3.63) is 41.0 Å². The standard InChI is InChI=1S/C16H23N/c1-16(2,3)15-8-6-13(7-9-15)11-14-5-4-10-17-12-14/h6-9,11,17H,4-5,10,12H2,1-3H3. The summed E-state index contributed by atoms with van der Waals surface area (Å²) in [6.07, 6.45) is 4.85. The van der Waals surface area contributed by atoms with Crippen molar-refractivity contribution in [3.63, 3.8) is 0 Å². The van der Waals surface area contributed by atoms with Crippen LogP contribution in [0.15, 0.2) is 29.8 Å². The summed E-state index contributed by atoms with van der Waals surface area (Å²) in [4.78, 5) is 0. The third-order valence-corrected chi connectivity index (χ3v) is 3.35. The zero-order valence-electron chi connectivity index (χ0n) is 11.2. The van der Waals surface area contributed by atoms with Gasteiger partial charge in [-0.1, -0.05) is 56.7 Å². The van der Waals surface area contributed by atoms with Gasteiger partial charge in [-0.15, -0.1) is 0 Å². The highest BCUT2D eigenvalue weighted by atomic mass is 14.9. The van der Waals surface area contributed by atoms with E-state index < -0.39 is 0 Å². The van der Waals surface area contributed by atoms with Crippen LogP contribution in [0.1, 0.15) is 44.7 Å². The third kappa shape index (κ3) is 3.44. The van der Waals surface area contributed by atoms with Gasteiger partial charge in [-0.2, -0.15) is 0 Å². The number of rotatable bonds is 1. The second-order valence-electron chi connectivity index (χ2n) is 5.95. The van der Waals surface area contributed by atoms with Crippen LogP contribution in [0.4, 0.5) is 0 Å². The molecule has 0 aliphatic carbocycles. The Morgan fingerprint density at radius 3 is 2.35 bits per heavy atom. The molecule has 0 bridgehead atoms. The molecule has 1 heterocycles. The van der Waals surface area contributed by atoms with Crippen LogP contribution in [-0.4, -0.2) is 13.1 Å². The lowest BCUT2D eigenvalue weighted by molar-refractivity contribution is 0.590. The highest BCUT2D eigenvalue weighted by Crippen LogP contribution is 2.23. The maximum Gasteiger partial charge on any atom is 0.0167 e. The monoisotopic (exact) mass is 229 g/mol. The van der Waals surface area contributed by atoms with Crippen molar-refractivity contribution in [2.24, 2.45) is 0 Å².